The topological polar surface area (TPSA) is 59.6 Å². The number of hydrogen-bond donors (Lipinski definition) is 3. The Hall–Kier alpha value is -2.16. The minimum Gasteiger partial charge on any atom is -1.00 e. The van der Waals surface area contributed by atoms with Crippen molar-refractivity contribution in [1.82, 2.24) is 0 Å². The average molecular weight is 1530 g/mol. The summed E-state index contributed by atoms with van der Waals surface area (Å²) in [6.45, 7) is 20.9. The Balaban J connectivity index is 0.000000266. The van der Waals surface area contributed by atoms with Gasteiger partial charge in [-0.1, -0.05) is 229 Å². The number of quaternary nitrogens is 3. The van der Waals surface area contributed by atoms with Crippen molar-refractivity contribution in [3.8, 4) is 0 Å². The van der Waals surface area contributed by atoms with Crippen molar-refractivity contribution >= 4 is 86.5 Å². The maximum Gasteiger partial charge on any atom is 0.148 e. The Kier molecular flexibility index (Phi) is 38.5. The lowest BCUT2D eigenvalue weighted by molar-refractivity contribution is -0.485. The normalized spacial score (nSPS) is 12.1. The van der Waals surface area contributed by atoms with E-state index in [1.54, 1.807) is 0 Å². The Labute approximate surface area is 575 Å². The van der Waals surface area contributed by atoms with E-state index < -0.39 is 0 Å². The Morgan fingerprint density at radius 2 is 0.464 bits per heavy atom. The average Bonchev–Trinajstić information content (AvgIpc) is 3.56. The van der Waals surface area contributed by atoms with Gasteiger partial charge in [-0.05, 0) is 93.1 Å². The number of halogens is 3. The molecule has 0 unspecified atom stereocenters. The molecule has 6 aromatic rings. The molecule has 6 N–H and O–H groups in total. The summed E-state index contributed by atoms with van der Waals surface area (Å²) in [5.74, 6) is 0. The van der Waals surface area contributed by atoms with Gasteiger partial charge < -0.3 is 86.6 Å². The Bertz CT molecular complexity index is 2410. The van der Waals surface area contributed by atoms with Crippen molar-refractivity contribution in [2.24, 2.45) is 0 Å². The molecule has 0 radical (unpaired) electrons. The van der Waals surface area contributed by atoms with Gasteiger partial charge in [0.05, 0.1) is 29.4 Å². The van der Waals surface area contributed by atoms with Gasteiger partial charge in [-0.15, -0.1) is 0 Å². The number of fused-ring (bicyclic) bond motifs is 6. The molecule has 0 atom stereocenters. The van der Waals surface area contributed by atoms with Crippen molar-refractivity contribution in [3.63, 3.8) is 0 Å². The van der Waals surface area contributed by atoms with Gasteiger partial charge in [-0.25, -0.2) is 0 Å². The molecule has 3 aliphatic heterocycles. The summed E-state index contributed by atoms with van der Waals surface area (Å²) in [5.41, 5.74) is 12.3. The standard InChI is InChI=1S/3C24H34N2S.3HI/c3*1-3-5-7-11-17-26(18-12-8-6-4-2)20-15-16-22-24(19-20)27-23-14-10-9-13-21(23)25-22;;;/h3*9-10,13-16,19,25H,3-8,11-12,17-18H2,1-2H3;3*1H. The van der Waals surface area contributed by atoms with Crippen LogP contribution < -0.4 is 103 Å². The van der Waals surface area contributed by atoms with E-state index in [0.717, 1.165) is 0 Å². The van der Waals surface area contributed by atoms with E-state index in [1.165, 1.54) is 274 Å². The lowest BCUT2D eigenvalue weighted by atomic mass is 10.1. The van der Waals surface area contributed by atoms with Crippen molar-refractivity contribution < 1.29 is 87.9 Å². The van der Waals surface area contributed by atoms with E-state index in [2.05, 4.69) is 200 Å². The molecule has 0 saturated heterocycles. The highest BCUT2D eigenvalue weighted by Gasteiger charge is 2.24. The molecule has 0 bridgehead atoms. The van der Waals surface area contributed by atoms with Crippen LogP contribution in [0.5, 0.6) is 0 Å². The number of para-hydroxylation sites is 3. The van der Waals surface area contributed by atoms with Crippen LogP contribution in [0.2, 0.25) is 0 Å². The van der Waals surface area contributed by atoms with Gasteiger partial charge >= 0.3 is 0 Å². The van der Waals surface area contributed by atoms with E-state index >= 15 is 0 Å². The third-order valence-electron chi connectivity index (χ3n) is 16.1. The smallest absolute Gasteiger partial charge is 0.148 e. The summed E-state index contributed by atoms with van der Waals surface area (Å²) in [6, 6.07) is 47.4. The second-order valence-electron chi connectivity index (χ2n) is 22.8. The first-order valence-electron chi connectivity index (χ1n) is 32.5. The van der Waals surface area contributed by atoms with E-state index in [4.69, 9.17) is 0 Å². The van der Waals surface area contributed by atoms with Crippen molar-refractivity contribution in [2.45, 2.75) is 225 Å². The van der Waals surface area contributed by atoms with Gasteiger partial charge in [0.25, 0.3) is 0 Å². The third kappa shape index (κ3) is 24.7. The molecule has 3 heterocycles. The van der Waals surface area contributed by atoms with Crippen LogP contribution in [0.4, 0.5) is 51.2 Å². The Morgan fingerprint density at radius 3 is 0.690 bits per heavy atom. The molecule has 12 heteroatoms. The van der Waals surface area contributed by atoms with Gasteiger partial charge in [0.2, 0.25) is 0 Å². The maximum atomic E-state index is 2.63. The highest BCUT2D eigenvalue weighted by atomic mass is 127. The molecule has 3 aliphatic rings. The molecule has 0 aliphatic carbocycles. The zero-order chi connectivity index (χ0) is 56.7. The predicted molar refractivity (Wildman–Crippen MR) is 356 cm³/mol. The van der Waals surface area contributed by atoms with Crippen molar-refractivity contribution in [1.29, 1.82) is 0 Å². The van der Waals surface area contributed by atoms with Gasteiger partial charge in [0.1, 0.15) is 34.1 Å². The second-order valence-corrected chi connectivity index (χ2v) is 26.1. The Morgan fingerprint density at radius 1 is 0.250 bits per heavy atom. The van der Waals surface area contributed by atoms with Gasteiger partial charge in [-0.3, -0.25) is 16.0 Å². The fourth-order valence-corrected chi connectivity index (χ4v) is 14.4. The van der Waals surface area contributed by atoms with Gasteiger partial charge in [0, 0.05) is 92.7 Å². The number of nitrogens with zero attached hydrogens (tertiary/aromatic N) is 3. The van der Waals surface area contributed by atoms with Crippen LogP contribution in [0.15, 0.2) is 157 Å². The highest BCUT2D eigenvalue weighted by molar-refractivity contribution is 8.00. The van der Waals surface area contributed by atoms with E-state index in [1.807, 2.05) is 35.3 Å². The number of benzene rings is 6. The lowest BCUT2D eigenvalue weighted by Gasteiger charge is -2.26. The summed E-state index contributed by atoms with van der Waals surface area (Å²) in [6.07, 6.45) is 31.9. The predicted octanol–water partition coefficient (Wildman–Crippen LogP) is 10.9. The van der Waals surface area contributed by atoms with Crippen LogP contribution >= 0.6 is 35.3 Å². The highest BCUT2D eigenvalue weighted by Crippen LogP contribution is 2.43. The van der Waals surface area contributed by atoms with Crippen molar-refractivity contribution in [2.75, 3.05) is 54.0 Å². The minimum absolute atomic E-state index is 0. The molecule has 0 spiro atoms. The minimum atomic E-state index is 0. The van der Waals surface area contributed by atoms with Crippen LogP contribution in [0.3, 0.4) is 0 Å². The number of hydrogen-bond acceptors (Lipinski definition) is 6. The molecule has 0 aromatic heterocycles. The number of anilines is 3. The molecule has 0 saturated carbocycles. The molecular weight excluding hydrogens is 1430 g/mol. The van der Waals surface area contributed by atoms with Gasteiger partial charge in [0.15, 0.2) is 0 Å². The molecule has 84 heavy (non-hydrogen) atoms. The maximum absolute atomic E-state index is 2.63. The van der Waals surface area contributed by atoms with Crippen molar-refractivity contribution in [3.05, 3.63) is 127 Å². The zero-order valence-electron chi connectivity index (χ0n) is 52.3. The summed E-state index contributed by atoms with van der Waals surface area (Å²) >= 11 is 5.76. The second kappa shape index (κ2) is 43.5. The van der Waals surface area contributed by atoms with E-state index in [9.17, 15) is 0 Å². The summed E-state index contributed by atoms with van der Waals surface area (Å²) in [7, 11) is 0. The van der Waals surface area contributed by atoms with E-state index in [-0.39, 0.29) is 71.9 Å². The number of unbranched alkanes of at least 4 members (excludes halogenated alkanes) is 18. The first-order chi connectivity index (χ1) is 39.9. The molecular formula is C72H105I3N6S3. The molecule has 462 valence electrons. The van der Waals surface area contributed by atoms with Crippen LogP contribution in [0.1, 0.15) is 196 Å². The first-order valence-corrected chi connectivity index (χ1v) is 34.9. The largest absolute Gasteiger partial charge is 1.00 e. The van der Waals surface area contributed by atoms with Gasteiger partial charge in [-0.2, -0.15) is 0 Å². The summed E-state index contributed by atoms with van der Waals surface area (Å²) in [4.78, 5) is 16.2. The summed E-state index contributed by atoms with van der Waals surface area (Å²) in [5, 5.41) is 6.99. The SMILES string of the molecule is CCCCCCN(CCCCCC)c1ccc2c(c1)Sc1ccccc1[NH2+]2.CCCCCCN(CCCCCC)c1ccc2c(c1)Sc1ccccc1[NH2+]2.CCCCCCN(CCCCCC)c1ccc2c(c1)Sc1ccccc1[NH2+]2.[I-].[I-].[I-]. The fourth-order valence-electron chi connectivity index (χ4n) is 11.2. The number of rotatable bonds is 33. The molecule has 0 fully saturated rings. The molecule has 9 rings (SSSR count). The quantitative estimate of drug-likeness (QED) is 0.0217. The van der Waals surface area contributed by atoms with Crippen LogP contribution in [-0.4, -0.2) is 39.3 Å². The number of nitrogens with two attached hydrogens (primary N) is 3. The van der Waals surface area contributed by atoms with Crippen LogP contribution in [0.25, 0.3) is 0 Å². The van der Waals surface area contributed by atoms with Crippen LogP contribution in [0, 0.1) is 0 Å². The van der Waals surface area contributed by atoms with Crippen LogP contribution in [-0.2, 0) is 0 Å². The molecule has 6 nitrogen and oxygen atoms in total. The monoisotopic (exact) mass is 1530 g/mol. The molecule has 0 amide bonds. The zero-order valence-corrected chi connectivity index (χ0v) is 61.2. The summed E-state index contributed by atoms with van der Waals surface area (Å²) < 4.78 is 0. The first kappa shape index (κ1) is 74.3. The third-order valence-corrected chi connectivity index (χ3v) is 19.6. The molecule has 6 aromatic carbocycles. The lowest BCUT2D eigenvalue weighted by Crippen LogP contribution is -3.00. The fraction of sp³-hybridized carbons (Fsp3) is 0.500. The van der Waals surface area contributed by atoms with E-state index in [0.29, 0.717) is 0 Å².